The van der Waals surface area contributed by atoms with Crippen LogP contribution in [0.4, 0.5) is 0 Å². The largest absolute Gasteiger partial charge is 0.350 e. The number of carbonyl (C=O) groups excluding carboxylic acids is 1. The molecular weight excluding hydrogens is 226 g/mol. The molecule has 4 nitrogen and oxygen atoms in total. The van der Waals surface area contributed by atoms with E-state index in [2.05, 4.69) is 10.3 Å². The lowest BCUT2D eigenvalue weighted by molar-refractivity contribution is -0.121. The number of halogens is 1. The van der Waals surface area contributed by atoms with Crippen LogP contribution in [0.1, 0.15) is 19.4 Å². The van der Waals surface area contributed by atoms with Gasteiger partial charge in [0.2, 0.25) is 5.91 Å². The maximum absolute atomic E-state index is 11.6. The summed E-state index contributed by atoms with van der Waals surface area (Å²) in [6.45, 7) is 4.22. The van der Waals surface area contributed by atoms with Gasteiger partial charge in [0, 0.05) is 24.5 Å². The van der Waals surface area contributed by atoms with E-state index in [1.54, 1.807) is 12.4 Å². The zero-order valence-corrected chi connectivity index (χ0v) is 10.4. The third-order valence-corrected chi connectivity index (χ3v) is 2.08. The topological polar surface area (TPSA) is 68.0 Å². The van der Waals surface area contributed by atoms with Crippen LogP contribution >= 0.6 is 12.4 Å². The van der Waals surface area contributed by atoms with Crippen molar-refractivity contribution >= 4 is 18.3 Å². The molecule has 0 spiro atoms. The Morgan fingerprint density at radius 2 is 2.25 bits per heavy atom. The lowest BCUT2D eigenvalue weighted by Crippen LogP contribution is -2.49. The Bertz CT molecular complexity index is 327. The Labute approximate surface area is 102 Å². The van der Waals surface area contributed by atoms with Crippen LogP contribution in [-0.4, -0.2) is 23.0 Å². The number of amides is 1. The molecule has 3 N–H and O–H groups in total. The second-order valence-corrected chi connectivity index (χ2v) is 4.17. The van der Waals surface area contributed by atoms with Crippen molar-refractivity contribution in [1.82, 2.24) is 10.3 Å². The molecule has 0 radical (unpaired) electrons. The van der Waals surface area contributed by atoms with E-state index in [0.29, 0.717) is 13.0 Å². The number of hydrogen-bond acceptors (Lipinski definition) is 3. The highest BCUT2D eigenvalue weighted by Crippen LogP contribution is 2.01. The van der Waals surface area contributed by atoms with Crippen LogP contribution in [0.5, 0.6) is 0 Å². The Kier molecular flexibility index (Phi) is 6.00. The number of nitrogens with two attached hydrogens (primary N) is 1. The van der Waals surface area contributed by atoms with Crippen LogP contribution in [-0.2, 0) is 11.2 Å². The van der Waals surface area contributed by atoms with Crippen LogP contribution in [0, 0.1) is 0 Å². The molecular formula is C11H18ClN3O. The van der Waals surface area contributed by atoms with Crippen molar-refractivity contribution in [2.75, 3.05) is 6.54 Å². The minimum atomic E-state index is -0.348. The number of aromatic nitrogens is 1. The van der Waals surface area contributed by atoms with Gasteiger partial charge < -0.3 is 11.1 Å². The number of hydrogen-bond donors (Lipinski definition) is 2. The molecule has 5 heteroatoms. The summed E-state index contributed by atoms with van der Waals surface area (Å²) in [5.74, 6) is -0.0292. The fraction of sp³-hybridized carbons (Fsp3) is 0.455. The van der Waals surface area contributed by atoms with E-state index >= 15 is 0 Å². The van der Waals surface area contributed by atoms with Crippen molar-refractivity contribution in [2.24, 2.45) is 5.73 Å². The highest BCUT2D eigenvalue weighted by molar-refractivity contribution is 5.85. The van der Waals surface area contributed by atoms with Crippen LogP contribution in [0.2, 0.25) is 0 Å². The first-order chi connectivity index (χ1) is 7.03. The first kappa shape index (κ1) is 14.9. The SMILES string of the molecule is CC(C)(CN)NC(=O)Cc1cccnc1.Cl. The van der Waals surface area contributed by atoms with Gasteiger partial charge in [-0.1, -0.05) is 6.07 Å². The van der Waals surface area contributed by atoms with Gasteiger partial charge in [-0.05, 0) is 25.5 Å². The van der Waals surface area contributed by atoms with E-state index in [1.165, 1.54) is 0 Å². The van der Waals surface area contributed by atoms with E-state index in [9.17, 15) is 4.79 Å². The molecule has 0 aliphatic rings. The van der Waals surface area contributed by atoms with E-state index in [-0.39, 0.29) is 23.9 Å². The monoisotopic (exact) mass is 243 g/mol. The standard InChI is InChI=1S/C11H17N3O.ClH/c1-11(2,8-12)14-10(15)6-9-4-3-5-13-7-9;/h3-5,7H,6,8,12H2,1-2H3,(H,14,15);1H. The maximum Gasteiger partial charge on any atom is 0.224 e. The predicted octanol–water partition coefficient (Wildman–Crippen LogP) is 0.899. The summed E-state index contributed by atoms with van der Waals surface area (Å²) in [5.41, 5.74) is 6.08. The van der Waals surface area contributed by atoms with Gasteiger partial charge in [0.1, 0.15) is 0 Å². The number of rotatable bonds is 4. The van der Waals surface area contributed by atoms with E-state index in [4.69, 9.17) is 5.73 Å². The summed E-state index contributed by atoms with van der Waals surface area (Å²) in [6.07, 6.45) is 3.72. The summed E-state index contributed by atoms with van der Waals surface area (Å²) in [7, 11) is 0. The zero-order chi connectivity index (χ0) is 11.3. The van der Waals surface area contributed by atoms with Gasteiger partial charge in [-0.3, -0.25) is 9.78 Å². The van der Waals surface area contributed by atoms with E-state index in [0.717, 1.165) is 5.56 Å². The van der Waals surface area contributed by atoms with Crippen LogP contribution in [0.25, 0.3) is 0 Å². The average Bonchev–Trinajstić information content (AvgIpc) is 2.18. The van der Waals surface area contributed by atoms with Gasteiger partial charge in [-0.2, -0.15) is 0 Å². The molecule has 0 aromatic carbocycles. The van der Waals surface area contributed by atoms with Gasteiger partial charge in [-0.15, -0.1) is 12.4 Å². The molecule has 0 atom stereocenters. The highest BCUT2D eigenvalue weighted by atomic mass is 35.5. The summed E-state index contributed by atoms with van der Waals surface area (Å²) in [4.78, 5) is 15.5. The van der Waals surface area contributed by atoms with Crippen molar-refractivity contribution in [3.63, 3.8) is 0 Å². The number of nitrogens with one attached hydrogen (secondary N) is 1. The van der Waals surface area contributed by atoms with Gasteiger partial charge in [-0.25, -0.2) is 0 Å². The van der Waals surface area contributed by atoms with E-state index < -0.39 is 0 Å². The third-order valence-electron chi connectivity index (χ3n) is 2.08. The second-order valence-electron chi connectivity index (χ2n) is 4.17. The maximum atomic E-state index is 11.6. The molecule has 1 aromatic rings. The molecule has 0 fully saturated rings. The molecule has 1 aromatic heterocycles. The minimum Gasteiger partial charge on any atom is -0.350 e. The number of carbonyl (C=O) groups is 1. The average molecular weight is 244 g/mol. The van der Waals surface area contributed by atoms with Crippen molar-refractivity contribution in [1.29, 1.82) is 0 Å². The Hall–Kier alpha value is -1.13. The molecule has 0 saturated heterocycles. The summed E-state index contributed by atoms with van der Waals surface area (Å²) in [5, 5.41) is 2.86. The molecule has 1 amide bonds. The summed E-state index contributed by atoms with van der Waals surface area (Å²) in [6, 6.07) is 3.69. The van der Waals surface area contributed by atoms with Crippen molar-refractivity contribution < 1.29 is 4.79 Å². The van der Waals surface area contributed by atoms with Crippen molar-refractivity contribution in [3.8, 4) is 0 Å². The number of nitrogens with zero attached hydrogens (tertiary/aromatic N) is 1. The Morgan fingerprint density at radius 1 is 1.56 bits per heavy atom. The van der Waals surface area contributed by atoms with Crippen molar-refractivity contribution in [2.45, 2.75) is 25.8 Å². The van der Waals surface area contributed by atoms with E-state index in [1.807, 2.05) is 26.0 Å². The van der Waals surface area contributed by atoms with Crippen molar-refractivity contribution in [3.05, 3.63) is 30.1 Å². The Morgan fingerprint density at radius 3 is 2.75 bits per heavy atom. The van der Waals surface area contributed by atoms with Gasteiger partial charge >= 0.3 is 0 Å². The first-order valence-corrected chi connectivity index (χ1v) is 4.93. The fourth-order valence-electron chi connectivity index (χ4n) is 1.16. The highest BCUT2D eigenvalue weighted by Gasteiger charge is 2.17. The first-order valence-electron chi connectivity index (χ1n) is 4.93. The lowest BCUT2D eigenvalue weighted by atomic mass is 10.1. The second kappa shape index (κ2) is 6.45. The molecule has 0 aliphatic carbocycles. The minimum absolute atomic E-state index is 0. The lowest BCUT2D eigenvalue weighted by Gasteiger charge is -2.24. The fourth-order valence-corrected chi connectivity index (χ4v) is 1.16. The third kappa shape index (κ3) is 5.09. The molecule has 1 heterocycles. The number of pyridine rings is 1. The molecule has 0 aliphatic heterocycles. The Balaban J connectivity index is 0.00000225. The molecule has 0 unspecified atom stereocenters. The summed E-state index contributed by atoms with van der Waals surface area (Å²) >= 11 is 0. The van der Waals surface area contributed by atoms with Crippen LogP contribution in [0.3, 0.4) is 0 Å². The summed E-state index contributed by atoms with van der Waals surface area (Å²) < 4.78 is 0. The van der Waals surface area contributed by atoms with Gasteiger partial charge in [0.15, 0.2) is 0 Å². The molecule has 90 valence electrons. The molecule has 0 saturated carbocycles. The molecule has 16 heavy (non-hydrogen) atoms. The quantitative estimate of drug-likeness (QED) is 0.826. The normalized spacial score (nSPS) is 10.4. The van der Waals surface area contributed by atoms with Gasteiger partial charge in [0.25, 0.3) is 0 Å². The molecule has 0 bridgehead atoms. The molecule has 1 rings (SSSR count). The van der Waals surface area contributed by atoms with Crippen LogP contribution < -0.4 is 11.1 Å². The zero-order valence-electron chi connectivity index (χ0n) is 9.56. The smallest absolute Gasteiger partial charge is 0.224 e. The van der Waals surface area contributed by atoms with Crippen LogP contribution in [0.15, 0.2) is 24.5 Å². The predicted molar refractivity (Wildman–Crippen MR) is 66.5 cm³/mol. The van der Waals surface area contributed by atoms with Gasteiger partial charge in [0.05, 0.1) is 6.42 Å².